The normalized spacial score (nSPS) is 36.6. The lowest BCUT2D eigenvalue weighted by molar-refractivity contribution is -0.147. The van der Waals surface area contributed by atoms with Gasteiger partial charge in [0.05, 0.1) is 24.2 Å². The number of rotatable bonds is 5. The number of esters is 1. The van der Waals surface area contributed by atoms with Crippen LogP contribution in [0.1, 0.15) is 56.2 Å². The first kappa shape index (κ1) is 25.6. The number of piperazine rings is 1. The molecular formula is C32H38F2N2O3. The molecule has 0 amide bonds. The quantitative estimate of drug-likeness (QED) is 0.388. The second-order valence-corrected chi connectivity index (χ2v) is 12.9. The number of carbonyl (C=O) groups is 1. The van der Waals surface area contributed by atoms with Crippen LogP contribution < -0.4 is 0 Å². The predicted octanol–water partition coefficient (Wildman–Crippen LogP) is 5.20. The van der Waals surface area contributed by atoms with Gasteiger partial charge in [0.1, 0.15) is 17.7 Å². The third-order valence-electron chi connectivity index (χ3n) is 10.7. The molecular weight excluding hydrogens is 498 g/mol. The van der Waals surface area contributed by atoms with E-state index in [4.69, 9.17) is 9.47 Å². The van der Waals surface area contributed by atoms with Crippen molar-refractivity contribution in [3.05, 3.63) is 71.3 Å². The number of benzene rings is 2. The van der Waals surface area contributed by atoms with E-state index in [2.05, 4.69) is 16.7 Å². The van der Waals surface area contributed by atoms with Crippen molar-refractivity contribution in [2.24, 2.45) is 23.2 Å². The van der Waals surface area contributed by atoms with Gasteiger partial charge in [0.2, 0.25) is 0 Å². The summed E-state index contributed by atoms with van der Waals surface area (Å²) in [5, 5.41) is 0. The Bertz CT molecular complexity index is 1160. The zero-order valence-electron chi connectivity index (χ0n) is 22.7. The maximum atomic E-state index is 13.7. The molecule has 5 nitrogen and oxygen atoms in total. The minimum absolute atomic E-state index is 0.0176. The van der Waals surface area contributed by atoms with E-state index in [1.807, 2.05) is 24.3 Å². The second-order valence-electron chi connectivity index (χ2n) is 12.9. The molecule has 5 fully saturated rings. The molecule has 3 aliphatic heterocycles. The summed E-state index contributed by atoms with van der Waals surface area (Å²) in [6, 6.07) is 13.2. The maximum Gasteiger partial charge on any atom is 0.310 e. The first-order valence-corrected chi connectivity index (χ1v) is 14.7. The molecule has 1 spiro atoms. The third kappa shape index (κ3) is 4.60. The highest BCUT2D eigenvalue weighted by atomic mass is 19.1. The summed E-state index contributed by atoms with van der Waals surface area (Å²) in [5.74, 6) is 0.182. The summed E-state index contributed by atoms with van der Waals surface area (Å²) in [6.07, 6.45) is 5.63. The lowest BCUT2D eigenvalue weighted by Gasteiger charge is -2.51. The number of hydrogen-bond acceptors (Lipinski definition) is 5. The first-order valence-electron chi connectivity index (χ1n) is 14.7. The van der Waals surface area contributed by atoms with Gasteiger partial charge < -0.3 is 9.47 Å². The third-order valence-corrected chi connectivity index (χ3v) is 10.7. The van der Waals surface area contributed by atoms with E-state index >= 15 is 0 Å². The Morgan fingerprint density at radius 1 is 0.949 bits per heavy atom. The number of hydrogen-bond donors (Lipinski definition) is 0. The summed E-state index contributed by atoms with van der Waals surface area (Å²) in [7, 11) is 0. The van der Waals surface area contributed by atoms with Crippen molar-refractivity contribution < 1.29 is 23.0 Å². The van der Waals surface area contributed by atoms with Crippen LogP contribution in [0.4, 0.5) is 8.78 Å². The molecule has 208 valence electrons. The molecule has 0 radical (unpaired) electrons. The fourth-order valence-electron chi connectivity index (χ4n) is 8.55. The van der Waals surface area contributed by atoms with Crippen LogP contribution in [0.25, 0.3) is 0 Å². The van der Waals surface area contributed by atoms with Crippen molar-refractivity contribution in [3.63, 3.8) is 0 Å². The van der Waals surface area contributed by atoms with Crippen molar-refractivity contribution in [2.45, 2.75) is 56.8 Å². The standard InChI is InChI=1S/C32H38F2N2O3/c1-31-11-2-12-32(20-38-32)28(31)17-25-26(30(37)39-27(25)18-31)19-35-13-15-36(16-14-35)29(21-3-7-23(33)8-4-21)22-5-9-24(34)10-6-22/h3-10,25-29H,2,11-20H2,1H3/t25-,26-,27-,28-,31-,32+/m1/s1. The number of ether oxygens (including phenoxy) is 2. The molecule has 5 aliphatic rings. The average molecular weight is 537 g/mol. The van der Waals surface area contributed by atoms with Crippen LogP contribution in [0, 0.1) is 34.8 Å². The lowest BCUT2D eigenvalue weighted by atomic mass is 9.53. The highest BCUT2D eigenvalue weighted by molar-refractivity contribution is 5.75. The van der Waals surface area contributed by atoms with E-state index in [1.165, 1.54) is 37.1 Å². The Balaban J connectivity index is 1.04. The van der Waals surface area contributed by atoms with Gasteiger partial charge in [-0.05, 0) is 78.8 Å². The van der Waals surface area contributed by atoms with Gasteiger partial charge in [0, 0.05) is 38.6 Å². The van der Waals surface area contributed by atoms with Gasteiger partial charge in [-0.2, -0.15) is 0 Å². The van der Waals surface area contributed by atoms with Crippen molar-refractivity contribution in [2.75, 3.05) is 39.3 Å². The van der Waals surface area contributed by atoms with Gasteiger partial charge in [-0.15, -0.1) is 0 Å². The Hall–Kier alpha value is -2.35. The molecule has 2 aromatic carbocycles. The number of epoxide rings is 1. The number of fused-ring (bicyclic) bond motifs is 3. The van der Waals surface area contributed by atoms with Crippen molar-refractivity contribution in [3.8, 4) is 0 Å². The van der Waals surface area contributed by atoms with Crippen molar-refractivity contribution in [1.29, 1.82) is 0 Å². The summed E-state index contributed by atoms with van der Waals surface area (Å²) in [4.78, 5) is 17.9. The molecule has 2 aliphatic carbocycles. The molecule has 39 heavy (non-hydrogen) atoms. The Morgan fingerprint density at radius 3 is 2.15 bits per heavy atom. The monoisotopic (exact) mass is 536 g/mol. The van der Waals surface area contributed by atoms with Crippen molar-refractivity contribution in [1.82, 2.24) is 9.80 Å². The Labute approximate surface area is 229 Å². The smallest absolute Gasteiger partial charge is 0.310 e. The summed E-state index contributed by atoms with van der Waals surface area (Å²) in [6.45, 7) is 7.33. The Kier molecular flexibility index (Phi) is 6.33. The minimum Gasteiger partial charge on any atom is -0.462 e. The molecule has 3 heterocycles. The highest BCUT2D eigenvalue weighted by Crippen LogP contribution is 2.62. The van der Waals surface area contributed by atoms with Gasteiger partial charge in [0.25, 0.3) is 0 Å². The van der Waals surface area contributed by atoms with Crippen LogP contribution in [-0.4, -0.2) is 66.8 Å². The fraction of sp³-hybridized carbons (Fsp3) is 0.594. The van der Waals surface area contributed by atoms with Gasteiger partial charge in [-0.1, -0.05) is 31.2 Å². The van der Waals surface area contributed by atoms with E-state index in [0.717, 1.165) is 69.7 Å². The summed E-state index contributed by atoms with van der Waals surface area (Å²) < 4.78 is 39.5. The molecule has 7 heteroatoms. The Morgan fingerprint density at radius 2 is 1.56 bits per heavy atom. The fourth-order valence-corrected chi connectivity index (χ4v) is 8.55. The van der Waals surface area contributed by atoms with E-state index < -0.39 is 0 Å². The van der Waals surface area contributed by atoms with E-state index in [-0.39, 0.29) is 52.6 Å². The molecule has 3 saturated heterocycles. The van der Waals surface area contributed by atoms with Gasteiger partial charge >= 0.3 is 5.97 Å². The molecule has 0 bridgehead atoms. The number of nitrogens with zero attached hydrogens (tertiary/aromatic N) is 2. The van der Waals surface area contributed by atoms with Crippen LogP contribution in [0.3, 0.4) is 0 Å². The van der Waals surface area contributed by atoms with E-state index in [0.29, 0.717) is 5.92 Å². The molecule has 2 aromatic rings. The van der Waals surface area contributed by atoms with E-state index in [9.17, 15) is 13.6 Å². The zero-order chi connectivity index (χ0) is 26.8. The molecule has 7 rings (SSSR count). The molecule has 0 aromatic heterocycles. The van der Waals surface area contributed by atoms with Gasteiger partial charge in [0.15, 0.2) is 0 Å². The van der Waals surface area contributed by atoms with Gasteiger partial charge in [-0.3, -0.25) is 14.6 Å². The van der Waals surface area contributed by atoms with Gasteiger partial charge in [-0.25, -0.2) is 8.78 Å². The molecule has 6 atom stereocenters. The number of carbonyl (C=O) groups excluding carboxylic acids is 1. The average Bonchev–Trinajstić information content (AvgIpc) is 3.63. The number of halogens is 2. The van der Waals surface area contributed by atoms with Crippen LogP contribution in [-0.2, 0) is 14.3 Å². The highest BCUT2D eigenvalue weighted by Gasteiger charge is 2.65. The maximum absolute atomic E-state index is 13.7. The van der Waals surface area contributed by atoms with Crippen LogP contribution in [0.2, 0.25) is 0 Å². The topological polar surface area (TPSA) is 45.3 Å². The minimum atomic E-state index is -0.265. The zero-order valence-corrected chi connectivity index (χ0v) is 22.7. The van der Waals surface area contributed by atoms with E-state index in [1.54, 1.807) is 0 Å². The van der Waals surface area contributed by atoms with Crippen LogP contribution in [0.15, 0.2) is 48.5 Å². The molecule has 0 unspecified atom stereocenters. The lowest BCUT2D eigenvalue weighted by Crippen LogP contribution is -2.52. The largest absolute Gasteiger partial charge is 0.462 e. The SMILES string of the molecule is C[C@]12CCC[C@]3(CO3)[C@@H]1C[C@H]1[C@@H](C2)OC(=O)[C@@H]1CN1CCN(C(c2ccc(F)cc2)c2ccc(F)cc2)CC1. The summed E-state index contributed by atoms with van der Waals surface area (Å²) in [5.41, 5.74) is 2.27. The van der Waals surface area contributed by atoms with Crippen LogP contribution in [0.5, 0.6) is 0 Å². The predicted molar refractivity (Wildman–Crippen MR) is 143 cm³/mol. The first-order chi connectivity index (χ1) is 18.8. The molecule has 2 saturated carbocycles. The van der Waals surface area contributed by atoms with Crippen LogP contribution >= 0.6 is 0 Å². The molecule has 0 N–H and O–H groups in total. The second kappa shape index (κ2) is 9.64. The summed E-state index contributed by atoms with van der Waals surface area (Å²) >= 11 is 0. The van der Waals surface area contributed by atoms with Crippen molar-refractivity contribution >= 4 is 5.97 Å².